The van der Waals surface area contributed by atoms with Crippen molar-refractivity contribution in [2.45, 2.75) is 70.8 Å². The van der Waals surface area contributed by atoms with E-state index in [1.54, 1.807) is 0 Å². The third kappa shape index (κ3) is 2.51. The smallest absolute Gasteiger partial charge is 0.0859 e. The van der Waals surface area contributed by atoms with Gasteiger partial charge in [0.2, 0.25) is 0 Å². The third-order valence-corrected chi connectivity index (χ3v) is 4.78. The molecule has 1 nitrogen and oxygen atoms in total. The average Bonchev–Trinajstić information content (AvgIpc) is 2.53. The van der Waals surface area contributed by atoms with Crippen LogP contribution in [0.1, 0.15) is 65.2 Å². The Labute approximate surface area is 99.9 Å². The normalized spacial score (nSPS) is 41.3. The molecule has 3 unspecified atom stereocenters. The van der Waals surface area contributed by atoms with Crippen molar-refractivity contribution in [3.8, 4) is 0 Å². The van der Waals surface area contributed by atoms with Crippen LogP contribution in [0.4, 0.5) is 0 Å². The second-order valence-corrected chi connectivity index (χ2v) is 6.06. The topological polar surface area (TPSA) is 20.2 Å². The minimum atomic E-state index is -0.448. The van der Waals surface area contributed by atoms with Crippen LogP contribution in [0.25, 0.3) is 0 Å². The Morgan fingerprint density at radius 1 is 1.19 bits per heavy atom. The van der Waals surface area contributed by atoms with Gasteiger partial charge in [0.25, 0.3) is 0 Å². The molecule has 0 radical (unpaired) electrons. The molecule has 0 bridgehead atoms. The second kappa shape index (κ2) is 4.91. The molecule has 0 amide bonds. The molecule has 1 fully saturated rings. The molecule has 2 aliphatic carbocycles. The summed E-state index contributed by atoms with van der Waals surface area (Å²) in [7, 11) is 0. The van der Waals surface area contributed by atoms with E-state index in [1.165, 1.54) is 37.7 Å². The zero-order valence-electron chi connectivity index (χ0n) is 10.8. The van der Waals surface area contributed by atoms with Gasteiger partial charge in [-0.1, -0.05) is 26.3 Å². The molecule has 0 aliphatic heterocycles. The van der Waals surface area contributed by atoms with Crippen molar-refractivity contribution in [3.63, 3.8) is 0 Å². The summed E-state index contributed by atoms with van der Waals surface area (Å²) in [4.78, 5) is 0. The van der Waals surface area contributed by atoms with Gasteiger partial charge in [-0.3, -0.25) is 0 Å². The van der Waals surface area contributed by atoms with E-state index in [9.17, 15) is 5.11 Å². The van der Waals surface area contributed by atoms with E-state index in [0.29, 0.717) is 5.92 Å². The average molecular weight is 222 g/mol. The fourth-order valence-electron chi connectivity index (χ4n) is 3.32. The van der Waals surface area contributed by atoms with Gasteiger partial charge in [-0.15, -0.1) is 0 Å². The lowest BCUT2D eigenvalue weighted by atomic mass is 9.69. The van der Waals surface area contributed by atoms with Crippen LogP contribution < -0.4 is 0 Å². The van der Waals surface area contributed by atoms with Crippen molar-refractivity contribution in [1.29, 1.82) is 0 Å². The quantitative estimate of drug-likeness (QED) is 0.663. The first-order valence-electron chi connectivity index (χ1n) is 7.04. The molecule has 0 saturated heterocycles. The minimum Gasteiger partial charge on any atom is -0.386 e. The largest absolute Gasteiger partial charge is 0.386 e. The van der Waals surface area contributed by atoms with E-state index in [-0.39, 0.29) is 0 Å². The minimum absolute atomic E-state index is 0.448. The maximum atomic E-state index is 10.8. The van der Waals surface area contributed by atoms with Crippen LogP contribution in [0.2, 0.25) is 0 Å². The highest BCUT2D eigenvalue weighted by molar-refractivity contribution is 5.19. The Morgan fingerprint density at radius 3 is 2.75 bits per heavy atom. The fourth-order valence-corrected chi connectivity index (χ4v) is 3.32. The lowest BCUT2D eigenvalue weighted by molar-refractivity contribution is 0.000114. The van der Waals surface area contributed by atoms with Gasteiger partial charge in [-0.25, -0.2) is 0 Å². The van der Waals surface area contributed by atoms with Crippen molar-refractivity contribution in [2.75, 3.05) is 0 Å². The Balaban J connectivity index is 2.09. The highest BCUT2D eigenvalue weighted by atomic mass is 16.3. The first-order valence-corrected chi connectivity index (χ1v) is 7.04. The fraction of sp³-hybridized carbons (Fsp3) is 0.867. The van der Waals surface area contributed by atoms with E-state index < -0.39 is 5.60 Å². The monoisotopic (exact) mass is 222 g/mol. The molecule has 0 spiro atoms. The number of aliphatic hydroxyl groups is 1. The number of allylic oxidation sites excluding steroid dienone is 1. The van der Waals surface area contributed by atoms with Crippen LogP contribution in [0, 0.1) is 11.8 Å². The molecule has 1 saturated carbocycles. The second-order valence-electron chi connectivity index (χ2n) is 6.06. The Hall–Kier alpha value is -0.300. The highest BCUT2D eigenvalue weighted by Gasteiger charge is 2.38. The summed E-state index contributed by atoms with van der Waals surface area (Å²) in [6, 6.07) is 0. The van der Waals surface area contributed by atoms with Crippen molar-refractivity contribution in [1.82, 2.24) is 0 Å². The summed E-state index contributed by atoms with van der Waals surface area (Å²) < 4.78 is 0. The summed E-state index contributed by atoms with van der Waals surface area (Å²) in [5.41, 5.74) is 0.916. The van der Waals surface area contributed by atoms with Crippen LogP contribution in [0.3, 0.4) is 0 Å². The molecule has 16 heavy (non-hydrogen) atoms. The molecule has 3 atom stereocenters. The Kier molecular flexibility index (Phi) is 3.73. The molecule has 0 aromatic rings. The van der Waals surface area contributed by atoms with Crippen LogP contribution in [0.15, 0.2) is 11.6 Å². The molecule has 92 valence electrons. The maximum absolute atomic E-state index is 10.8. The summed E-state index contributed by atoms with van der Waals surface area (Å²) in [5.74, 6) is 1.45. The van der Waals surface area contributed by atoms with Gasteiger partial charge in [-0.05, 0) is 62.4 Å². The molecule has 2 rings (SSSR count). The SMILES string of the molecule is CC1CCC(O)(C2=CCCCCC2)CC1C. The maximum Gasteiger partial charge on any atom is 0.0859 e. The predicted molar refractivity (Wildman–Crippen MR) is 68.3 cm³/mol. The van der Waals surface area contributed by atoms with E-state index >= 15 is 0 Å². The zero-order chi connectivity index (χ0) is 11.6. The van der Waals surface area contributed by atoms with Crippen LogP contribution in [-0.2, 0) is 0 Å². The molecule has 0 aromatic carbocycles. The lowest BCUT2D eigenvalue weighted by Crippen LogP contribution is -2.39. The summed E-state index contributed by atoms with van der Waals surface area (Å²) in [6.07, 6.45) is 11.7. The van der Waals surface area contributed by atoms with Crippen molar-refractivity contribution in [3.05, 3.63) is 11.6 Å². The van der Waals surface area contributed by atoms with Gasteiger partial charge >= 0.3 is 0 Å². The Bertz CT molecular complexity index is 269. The molecule has 0 aromatic heterocycles. The Morgan fingerprint density at radius 2 is 2.00 bits per heavy atom. The van der Waals surface area contributed by atoms with Crippen LogP contribution in [0.5, 0.6) is 0 Å². The van der Waals surface area contributed by atoms with Crippen LogP contribution >= 0.6 is 0 Å². The zero-order valence-corrected chi connectivity index (χ0v) is 10.8. The van der Waals surface area contributed by atoms with Gasteiger partial charge in [-0.2, -0.15) is 0 Å². The summed E-state index contributed by atoms with van der Waals surface area (Å²) in [6.45, 7) is 4.62. The van der Waals surface area contributed by atoms with E-state index in [2.05, 4.69) is 19.9 Å². The first-order chi connectivity index (χ1) is 7.62. The third-order valence-electron chi connectivity index (χ3n) is 4.78. The molecular weight excluding hydrogens is 196 g/mol. The van der Waals surface area contributed by atoms with E-state index in [1.807, 2.05) is 0 Å². The molecule has 1 N–H and O–H groups in total. The van der Waals surface area contributed by atoms with Crippen molar-refractivity contribution in [2.24, 2.45) is 11.8 Å². The van der Waals surface area contributed by atoms with E-state index in [4.69, 9.17) is 0 Å². The molecule has 0 heterocycles. The van der Waals surface area contributed by atoms with Crippen molar-refractivity contribution < 1.29 is 5.11 Å². The first kappa shape index (κ1) is 12.2. The molecular formula is C15H26O. The highest BCUT2D eigenvalue weighted by Crippen LogP contribution is 2.42. The van der Waals surface area contributed by atoms with Gasteiger partial charge < -0.3 is 5.11 Å². The molecule has 1 heteroatoms. The standard InChI is InChI=1S/C15H26O/c1-12-9-10-15(16,11-13(12)2)14-7-5-3-4-6-8-14/h7,12-13,16H,3-6,8-11H2,1-2H3. The van der Waals surface area contributed by atoms with Gasteiger partial charge in [0, 0.05) is 0 Å². The van der Waals surface area contributed by atoms with Gasteiger partial charge in [0.15, 0.2) is 0 Å². The number of rotatable bonds is 1. The summed E-state index contributed by atoms with van der Waals surface area (Å²) in [5, 5.41) is 10.8. The number of hydrogen-bond acceptors (Lipinski definition) is 1. The lowest BCUT2D eigenvalue weighted by Gasteiger charge is -2.41. The van der Waals surface area contributed by atoms with Crippen LogP contribution in [-0.4, -0.2) is 10.7 Å². The summed E-state index contributed by atoms with van der Waals surface area (Å²) >= 11 is 0. The number of hydrogen-bond donors (Lipinski definition) is 1. The van der Waals surface area contributed by atoms with Gasteiger partial charge in [0.1, 0.15) is 0 Å². The van der Waals surface area contributed by atoms with E-state index in [0.717, 1.165) is 25.2 Å². The van der Waals surface area contributed by atoms with Crippen molar-refractivity contribution >= 4 is 0 Å². The van der Waals surface area contributed by atoms with Gasteiger partial charge in [0.05, 0.1) is 5.60 Å². The molecule has 2 aliphatic rings. The predicted octanol–water partition coefficient (Wildman–Crippen LogP) is 4.06.